The summed E-state index contributed by atoms with van der Waals surface area (Å²) in [6.45, 7) is 7.31. The van der Waals surface area contributed by atoms with E-state index in [1.165, 1.54) is 6.20 Å². The molecule has 2 amide bonds. The number of rotatable bonds is 4. The Morgan fingerprint density at radius 3 is 2.70 bits per heavy atom. The molecule has 0 saturated heterocycles. The van der Waals surface area contributed by atoms with Gasteiger partial charge in [-0.25, -0.2) is 19.1 Å². The predicted octanol–water partition coefficient (Wildman–Crippen LogP) is 3.55. The lowest BCUT2D eigenvalue weighted by atomic mass is 9.96. The molecule has 162 valence electrons. The number of aryl methyl sites for hydroxylation is 1. The number of nitrogens with one attached hydrogen (secondary N) is 1. The second kappa shape index (κ2) is 7.08. The smallest absolute Gasteiger partial charge is 0.354 e. The summed E-state index contributed by atoms with van der Waals surface area (Å²) in [5.74, 6) is 0. The minimum Gasteiger partial charge on any atom is -0.383 e. The number of thiazole rings is 1. The average molecular weight is 450 g/mol. The highest BCUT2D eigenvalue weighted by Crippen LogP contribution is 2.50. The lowest BCUT2D eigenvalue weighted by molar-refractivity contribution is 0.0783. The number of nitrogens with zero attached hydrogens (tertiary/aromatic N) is 3. The van der Waals surface area contributed by atoms with Gasteiger partial charge in [0, 0.05) is 11.1 Å². The Morgan fingerprint density at radius 1 is 1.40 bits per heavy atom. The van der Waals surface area contributed by atoms with Crippen molar-refractivity contribution in [2.45, 2.75) is 75.0 Å². The van der Waals surface area contributed by atoms with Gasteiger partial charge in [0.05, 0.1) is 17.6 Å². The van der Waals surface area contributed by atoms with Crippen LogP contribution in [-0.2, 0) is 33.8 Å². The zero-order valence-corrected chi connectivity index (χ0v) is 19.2. The molecular weight excluding hydrogens is 422 g/mol. The zero-order chi connectivity index (χ0) is 21.9. The van der Waals surface area contributed by atoms with Crippen LogP contribution in [0.4, 0.5) is 10.5 Å². The lowest BCUT2D eigenvalue weighted by Gasteiger charge is -2.19. The second-order valence-electron chi connectivity index (χ2n) is 8.93. The van der Waals surface area contributed by atoms with E-state index >= 15 is 0 Å². The van der Waals surface area contributed by atoms with Gasteiger partial charge in [0.25, 0.3) is 0 Å². The van der Waals surface area contributed by atoms with E-state index < -0.39 is 21.5 Å². The predicted molar refractivity (Wildman–Crippen MR) is 117 cm³/mol. The van der Waals surface area contributed by atoms with Gasteiger partial charge < -0.3 is 10.4 Å². The third-order valence-corrected chi connectivity index (χ3v) is 8.98. The van der Waals surface area contributed by atoms with E-state index in [2.05, 4.69) is 21.6 Å². The van der Waals surface area contributed by atoms with Crippen LogP contribution in [0.25, 0.3) is 0 Å². The third kappa shape index (κ3) is 3.89. The molecule has 2 aromatic rings. The van der Waals surface area contributed by atoms with Gasteiger partial charge in [-0.15, -0.1) is 15.7 Å². The highest BCUT2D eigenvalue weighted by atomic mass is 32.2. The highest BCUT2D eigenvalue weighted by molar-refractivity contribution is 7.93. The summed E-state index contributed by atoms with van der Waals surface area (Å²) in [5.41, 5.74) is 3.65. The molecule has 2 aromatic heterocycles. The van der Waals surface area contributed by atoms with E-state index in [4.69, 9.17) is 10.1 Å². The number of anilines is 1. The molecule has 0 aromatic carbocycles. The molecule has 4 N–H and O–H groups in total. The van der Waals surface area contributed by atoms with E-state index in [0.29, 0.717) is 5.01 Å². The van der Waals surface area contributed by atoms with Gasteiger partial charge in [0.15, 0.2) is 9.92 Å². The quantitative estimate of drug-likeness (QED) is 0.657. The molecule has 4 rings (SSSR count). The molecule has 1 unspecified atom stereocenters. The number of aromatic nitrogens is 2. The molecule has 2 aliphatic carbocycles. The zero-order valence-electron chi connectivity index (χ0n) is 17.6. The SMILES string of the molecule is Cc1c(C2(C)CC2)nc2c(c1NC(=O)N=S(N)(=O)c1cnc(C(C)(C)O)s1)CCC2. The Hall–Kier alpha value is -1.88. The first-order valence-corrected chi connectivity index (χ1v) is 12.4. The van der Waals surface area contributed by atoms with Crippen molar-refractivity contribution in [1.82, 2.24) is 9.97 Å². The molecule has 1 fully saturated rings. The fraction of sp³-hybridized carbons (Fsp3) is 0.550. The normalized spacial score (nSPS) is 19.1. The van der Waals surface area contributed by atoms with Gasteiger partial charge in [-0.05, 0) is 64.0 Å². The number of pyridine rings is 1. The van der Waals surface area contributed by atoms with Crippen LogP contribution >= 0.6 is 11.3 Å². The van der Waals surface area contributed by atoms with Gasteiger partial charge in [0.2, 0.25) is 0 Å². The lowest BCUT2D eigenvalue weighted by Crippen LogP contribution is -2.19. The van der Waals surface area contributed by atoms with Crippen molar-refractivity contribution in [3.8, 4) is 0 Å². The van der Waals surface area contributed by atoms with Crippen LogP contribution in [0.15, 0.2) is 14.8 Å². The number of urea groups is 1. The van der Waals surface area contributed by atoms with Crippen LogP contribution < -0.4 is 10.5 Å². The molecule has 1 atom stereocenters. The largest absolute Gasteiger partial charge is 0.383 e. The fourth-order valence-electron chi connectivity index (χ4n) is 3.84. The first-order chi connectivity index (χ1) is 13.9. The molecule has 2 aliphatic rings. The summed E-state index contributed by atoms with van der Waals surface area (Å²) in [5, 5.41) is 19.1. The number of carbonyl (C=O) groups is 1. The van der Waals surface area contributed by atoms with Crippen LogP contribution in [0.5, 0.6) is 0 Å². The van der Waals surface area contributed by atoms with Crippen LogP contribution in [0.3, 0.4) is 0 Å². The number of fused-ring (bicyclic) bond motifs is 1. The van der Waals surface area contributed by atoms with Crippen molar-refractivity contribution >= 4 is 33.0 Å². The Bertz CT molecular complexity index is 1150. The molecule has 0 aliphatic heterocycles. The summed E-state index contributed by atoms with van der Waals surface area (Å²) < 4.78 is 16.8. The van der Waals surface area contributed by atoms with Crippen molar-refractivity contribution in [2.75, 3.05) is 5.32 Å². The number of amides is 2. The van der Waals surface area contributed by atoms with Crippen LogP contribution in [-0.4, -0.2) is 25.3 Å². The molecule has 30 heavy (non-hydrogen) atoms. The molecule has 0 bridgehead atoms. The summed E-state index contributed by atoms with van der Waals surface area (Å²) in [6.07, 6.45) is 6.21. The van der Waals surface area contributed by atoms with E-state index in [1.807, 2.05) is 6.92 Å². The van der Waals surface area contributed by atoms with Crippen molar-refractivity contribution in [1.29, 1.82) is 0 Å². The van der Waals surface area contributed by atoms with Crippen molar-refractivity contribution in [3.05, 3.63) is 33.7 Å². The number of hydrogen-bond acceptors (Lipinski definition) is 6. The molecule has 8 nitrogen and oxygen atoms in total. The first kappa shape index (κ1) is 21.4. The molecular formula is C20H27N5O3S2. The summed E-state index contributed by atoms with van der Waals surface area (Å²) >= 11 is 0.987. The summed E-state index contributed by atoms with van der Waals surface area (Å²) in [7, 11) is -3.48. The number of carbonyl (C=O) groups excluding carboxylic acids is 1. The Labute approximate surface area is 180 Å². The standard InChI is InChI=1S/C20H27N5O3S2/c1-11-15(12-6-5-7-13(12)23-16(11)20(4)8-9-20)24-18(26)25-30(21,28)14-10-22-17(29-14)19(2,3)27/h10,27H,5-9H2,1-4H3,(H3,21,23,24,25,26,28). The average Bonchev–Trinajstić information content (AvgIpc) is 3.06. The van der Waals surface area contributed by atoms with E-state index in [-0.39, 0.29) is 9.62 Å². The Balaban J connectivity index is 1.67. The summed E-state index contributed by atoms with van der Waals surface area (Å²) in [4.78, 5) is 21.7. The van der Waals surface area contributed by atoms with Crippen LogP contribution in [0.1, 0.15) is 67.6 Å². The van der Waals surface area contributed by atoms with Gasteiger partial charge in [-0.3, -0.25) is 4.98 Å². The number of hydrogen-bond donors (Lipinski definition) is 3. The van der Waals surface area contributed by atoms with Crippen LogP contribution in [0, 0.1) is 6.92 Å². The molecule has 0 radical (unpaired) electrons. The third-order valence-electron chi connectivity index (χ3n) is 5.79. The Morgan fingerprint density at radius 2 is 2.10 bits per heavy atom. The summed E-state index contributed by atoms with van der Waals surface area (Å²) in [6, 6.07) is -0.754. The number of aliphatic hydroxyl groups is 1. The maximum atomic E-state index is 12.9. The minimum atomic E-state index is -3.48. The van der Waals surface area contributed by atoms with Crippen molar-refractivity contribution in [2.24, 2.45) is 9.50 Å². The maximum absolute atomic E-state index is 12.9. The van der Waals surface area contributed by atoms with E-state index in [0.717, 1.165) is 71.6 Å². The first-order valence-electron chi connectivity index (χ1n) is 9.98. The van der Waals surface area contributed by atoms with Crippen LogP contribution in [0.2, 0.25) is 0 Å². The maximum Gasteiger partial charge on any atom is 0.354 e. The topological polar surface area (TPSA) is 131 Å². The van der Waals surface area contributed by atoms with Gasteiger partial charge in [0.1, 0.15) is 14.8 Å². The van der Waals surface area contributed by atoms with Gasteiger partial charge >= 0.3 is 6.03 Å². The molecule has 2 heterocycles. The van der Waals surface area contributed by atoms with Crippen molar-refractivity contribution < 1.29 is 14.1 Å². The fourth-order valence-corrected chi connectivity index (χ4v) is 5.90. The monoisotopic (exact) mass is 449 g/mol. The number of nitrogens with two attached hydrogens (primary N) is 1. The molecule has 10 heteroatoms. The minimum absolute atomic E-state index is 0.0653. The van der Waals surface area contributed by atoms with Crippen molar-refractivity contribution in [3.63, 3.8) is 0 Å². The second-order valence-corrected chi connectivity index (χ2v) is 12.0. The molecule has 0 spiro atoms. The van der Waals surface area contributed by atoms with E-state index in [1.54, 1.807) is 13.8 Å². The van der Waals surface area contributed by atoms with Gasteiger partial charge in [-0.2, -0.15) is 0 Å². The van der Waals surface area contributed by atoms with E-state index in [9.17, 15) is 14.1 Å². The molecule has 1 saturated carbocycles. The highest BCUT2D eigenvalue weighted by Gasteiger charge is 2.43. The Kier molecular flexibility index (Phi) is 5.04. The van der Waals surface area contributed by atoms with Gasteiger partial charge in [-0.1, -0.05) is 6.92 Å².